The number of nitrogens with two attached hydrogens (primary N) is 1. The van der Waals surface area contributed by atoms with Crippen molar-refractivity contribution in [2.75, 3.05) is 6.61 Å². The molecule has 0 radical (unpaired) electrons. The summed E-state index contributed by atoms with van der Waals surface area (Å²) >= 11 is 0. The molecule has 0 aliphatic rings. The maximum atomic E-state index is 11.6. The summed E-state index contributed by atoms with van der Waals surface area (Å²) in [5.41, 5.74) is 5.09. The number of carbonyl (C=O) groups is 1. The highest BCUT2D eigenvalue weighted by Gasteiger charge is 2.28. The predicted octanol–water partition coefficient (Wildman–Crippen LogP) is 1.90. The lowest BCUT2D eigenvalue weighted by atomic mass is 9.96. The van der Waals surface area contributed by atoms with Crippen molar-refractivity contribution in [3.63, 3.8) is 0 Å². The third-order valence-corrected chi connectivity index (χ3v) is 3.20. The molecule has 1 rings (SSSR count). The van der Waals surface area contributed by atoms with E-state index in [4.69, 9.17) is 10.5 Å². The van der Waals surface area contributed by atoms with Gasteiger partial charge in [-0.15, -0.1) is 0 Å². The van der Waals surface area contributed by atoms with E-state index in [2.05, 4.69) is 16.5 Å². The number of imidazole rings is 1. The second-order valence-electron chi connectivity index (χ2n) is 4.99. The van der Waals surface area contributed by atoms with Gasteiger partial charge in [0.15, 0.2) is 0 Å². The fraction of sp³-hybridized carbons (Fsp3) is 0.714. The Morgan fingerprint density at radius 2 is 2.21 bits per heavy atom. The molecule has 0 spiro atoms. The quantitative estimate of drug-likeness (QED) is 0.577. The fourth-order valence-electron chi connectivity index (χ4n) is 2.03. The Morgan fingerprint density at radius 1 is 1.47 bits per heavy atom. The molecule has 19 heavy (non-hydrogen) atoms. The molecule has 0 aromatic carbocycles. The first-order valence-corrected chi connectivity index (χ1v) is 6.97. The van der Waals surface area contributed by atoms with Gasteiger partial charge in [-0.25, -0.2) is 4.98 Å². The summed E-state index contributed by atoms with van der Waals surface area (Å²) in [5.74, 6) is 0.785. The zero-order valence-electron chi connectivity index (χ0n) is 12.2. The van der Waals surface area contributed by atoms with Crippen LogP contribution >= 0.6 is 0 Å². The zero-order valence-corrected chi connectivity index (χ0v) is 12.2. The minimum absolute atomic E-state index is 0.313. The monoisotopic (exact) mass is 267 g/mol. The first-order chi connectivity index (χ1) is 9.01. The Labute approximate surface area is 115 Å². The van der Waals surface area contributed by atoms with Gasteiger partial charge in [-0.1, -0.05) is 6.92 Å². The Hall–Kier alpha value is -1.36. The third kappa shape index (κ3) is 4.67. The van der Waals surface area contributed by atoms with Gasteiger partial charge in [0.2, 0.25) is 0 Å². The standard InChI is InChI=1S/C14H25N3O2/c1-4-12-16-9-11-17(12)10-7-6-8-14(3,15)13(18)19-5-2/h9,11H,4-8,10,15H2,1-3H3. The van der Waals surface area contributed by atoms with Crippen molar-refractivity contribution in [2.45, 2.75) is 58.5 Å². The van der Waals surface area contributed by atoms with Crippen molar-refractivity contribution >= 4 is 5.97 Å². The van der Waals surface area contributed by atoms with Crippen LogP contribution in [0.25, 0.3) is 0 Å². The lowest BCUT2D eigenvalue weighted by Crippen LogP contribution is -2.46. The number of carbonyl (C=O) groups excluding carboxylic acids is 1. The lowest BCUT2D eigenvalue weighted by molar-refractivity contribution is -0.149. The summed E-state index contributed by atoms with van der Waals surface area (Å²) in [5, 5.41) is 0. The van der Waals surface area contributed by atoms with Gasteiger partial charge in [-0.05, 0) is 33.1 Å². The van der Waals surface area contributed by atoms with E-state index in [1.165, 1.54) is 0 Å². The van der Waals surface area contributed by atoms with Gasteiger partial charge in [-0.2, -0.15) is 0 Å². The van der Waals surface area contributed by atoms with Crippen LogP contribution in [0.5, 0.6) is 0 Å². The Balaban J connectivity index is 2.32. The minimum Gasteiger partial charge on any atom is -0.465 e. The van der Waals surface area contributed by atoms with Crippen molar-refractivity contribution < 1.29 is 9.53 Å². The van der Waals surface area contributed by atoms with Gasteiger partial charge in [0.05, 0.1) is 6.61 Å². The highest BCUT2D eigenvalue weighted by Crippen LogP contribution is 2.14. The van der Waals surface area contributed by atoms with Crippen molar-refractivity contribution in [3.05, 3.63) is 18.2 Å². The molecule has 108 valence electrons. The average Bonchev–Trinajstić information content (AvgIpc) is 2.82. The van der Waals surface area contributed by atoms with E-state index in [-0.39, 0.29) is 5.97 Å². The summed E-state index contributed by atoms with van der Waals surface area (Å²) in [7, 11) is 0. The second kappa shape index (κ2) is 7.28. The van der Waals surface area contributed by atoms with E-state index in [1.54, 1.807) is 13.8 Å². The molecule has 2 N–H and O–H groups in total. The van der Waals surface area contributed by atoms with Crippen molar-refractivity contribution in [1.82, 2.24) is 9.55 Å². The van der Waals surface area contributed by atoms with E-state index < -0.39 is 5.54 Å². The fourth-order valence-corrected chi connectivity index (χ4v) is 2.03. The lowest BCUT2D eigenvalue weighted by Gasteiger charge is -2.22. The minimum atomic E-state index is -0.876. The molecular formula is C14H25N3O2. The van der Waals surface area contributed by atoms with E-state index in [9.17, 15) is 4.79 Å². The number of ether oxygens (including phenoxy) is 1. The second-order valence-corrected chi connectivity index (χ2v) is 4.99. The van der Waals surface area contributed by atoms with E-state index in [0.29, 0.717) is 13.0 Å². The third-order valence-electron chi connectivity index (χ3n) is 3.20. The van der Waals surface area contributed by atoms with Gasteiger partial charge < -0.3 is 15.0 Å². The zero-order chi connectivity index (χ0) is 14.3. The van der Waals surface area contributed by atoms with Crippen LogP contribution in [0.3, 0.4) is 0 Å². The summed E-state index contributed by atoms with van der Waals surface area (Å²) in [4.78, 5) is 15.9. The van der Waals surface area contributed by atoms with Crippen LogP contribution in [0, 0.1) is 0 Å². The summed E-state index contributed by atoms with van der Waals surface area (Å²) < 4.78 is 7.12. The van der Waals surface area contributed by atoms with Crippen LogP contribution < -0.4 is 5.73 Å². The van der Waals surface area contributed by atoms with Crippen LogP contribution in [-0.4, -0.2) is 27.7 Å². The number of hydrogen-bond donors (Lipinski definition) is 1. The number of hydrogen-bond acceptors (Lipinski definition) is 4. The summed E-state index contributed by atoms with van der Waals surface area (Å²) in [6.45, 7) is 6.91. The molecule has 0 aliphatic carbocycles. The SMILES string of the molecule is CCOC(=O)C(C)(N)CCCCn1ccnc1CC. The molecule has 0 aliphatic heterocycles. The summed E-state index contributed by atoms with van der Waals surface area (Å²) in [6, 6.07) is 0. The van der Waals surface area contributed by atoms with Crippen LogP contribution in [0.4, 0.5) is 0 Å². The van der Waals surface area contributed by atoms with Crippen LogP contribution in [0.2, 0.25) is 0 Å². The normalized spacial score (nSPS) is 14.1. The number of aromatic nitrogens is 2. The molecule has 0 amide bonds. The largest absolute Gasteiger partial charge is 0.465 e. The topological polar surface area (TPSA) is 70.1 Å². The predicted molar refractivity (Wildman–Crippen MR) is 74.7 cm³/mol. The highest BCUT2D eigenvalue weighted by atomic mass is 16.5. The maximum absolute atomic E-state index is 11.6. The molecule has 1 aromatic rings. The van der Waals surface area contributed by atoms with Crippen molar-refractivity contribution in [3.8, 4) is 0 Å². The van der Waals surface area contributed by atoms with Crippen LogP contribution in [0.15, 0.2) is 12.4 Å². The molecule has 0 saturated carbocycles. The molecule has 1 aromatic heterocycles. The first-order valence-electron chi connectivity index (χ1n) is 6.97. The van der Waals surface area contributed by atoms with Crippen molar-refractivity contribution in [2.24, 2.45) is 5.73 Å². The van der Waals surface area contributed by atoms with Gasteiger partial charge in [0.1, 0.15) is 11.4 Å². The Bertz CT molecular complexity index is 399. The van der Waals surface area contributed by atoms with E-state index in [0.717, 1.165) is 31.6 Å². The van der Waals surface area contributed by atoms with Crippen LogP contribution in [-0.2, 0) is 22.5 Å². The number of rotatable bonds is 8. The van der Waals surface area contributed by atoms with Gasteiger partial charge in [0.25, 0.3) is 0 Å². The molecule has 0 fully saturated rings. The number of esters is 1. The Morgan fingerprint density at radius 3 is 2.84 bits per heavy atom. The molecule has 0 bridgehead atoms. The molecule has 0 saturated heterocycles. The van der Waals surface area contributed by atoms with Gasteiger partial charge in [0, 0.05) is 25.4 Å². The summed E-state index contributed by atoms with van der Waals surface area (Å²) in [6.07, 6.45) is 7.27. The van der Waals surface area contributed by atoms with Gasteiger partial charge >= 0.3 is 5.97 Å². The molecular weight excluding hydrogens is 242 g/mol. The smallest absolute Gasteiger partial charge is 0.325 e. The highest BCUT2D eigenvalue weighted by molar-refractivity contribution is 5.79. The maximum Gasteiger partial charge on any atom is 0.325 e. The number of unbranched alkanes of at least 4 members (excludes halogenated alkanes) is 1. The van der Waals surface area contributed by atoms with Gasteiger partial charge in [-0.3, -0.25) is 4.79 Å². The van der Waals surface area contributed by atoms with E-state index in [1.807, 2.05) is 12.4 Å². The van der Waals surface area contributed by atoms with Crippen molar-refractivity contribution in [1.29, 1.82) is 0 Å². The molecule has 5 heteroatoms. The number of aryl methyl sites for hydroxylation is 2. The molecule has 1 atom stereocenters. The molecule has 1 unspecified atom stereocenters. The number of nitrogens with zero attached hydrogens (tertiary/aromatic N) is 2. The molecule has 5 nitrogen and oxygen atoms in total. The first kappa shape index (κ1) is 15.7. The average molecular weight is 267 g/mol. The van der Waals surface area contributed by atoms with Crippen LogP contribution in [0.1, 0.15) is 45.9 Å². The van der Waals surface area contributed by atoms with E-state index >= 15 is 0 Å². The molecule has 1 heterocycles. The Kier molecular flexibility index (Phi) is 6.02.